The molecule has 2 rings (SSSR count). The van der Waals surface area contributed by atoms with Gasteiger partial charge in [0.15, 0.2) is 0 Å². The van der Waals surface area contributed by atoms with Crippen molar-refractivity contribution in [2.24, 2.45) is 0 Å². The summed E-state index contributed by atoms with van der Waals surface area (Å²) in [5, 5.41) is 3.63. The van der Waals surface area contributed by atoms with Crippen LogP contribution in [-0.4, -0.2) is 29.9 Å². The zero-order valence-electron chi connectivity index (χ0n) is 11.9. The molecule has 1 aliphatic rings. The van der Waals surface area contributed by atoms with Crippen LogP contribution in [0.15, 0.2) is 18.2 Å². The topological polar surface area (TPSA) is 32.3 Å². The Hall–Kier alpha value is -1.13. The maximum Gasteiger partial charge on any atom is 0.242 e. The van der Waals surface area contributed by atoms with Gasteiger partial charge in [-0.25, -0.2) is 4.39 Å². The van der Waals surface area contributed by atoms with Gasteiger partial charge in [0, 0.05) is 24.2 Å². The highest BCUT2D eigenvalue weighted by Crippen LogP contribution is 2.24. The molecule has 1 saturated heterocycles. The summed E-state index contributed by atoms with van der Waals surface area (Å²) in [5.41, 5.74) is -0.186. The highest BCUT2D eigenvalue weighted by Gasteiger charge is 2.36. The third-order valence-electron chi connectivity index (χ3n) is 3.89. The molecule has 1 unspecified atom stereocenters. The van der Waals surface area contributed by atoms with E-state index < -0.39 is 5.54 Å². The zero-order valence-corrected chi connectivity index (χ0v) is 12.6. The molecule has 1 fully saturated rings. The summed E-state index contributed by atoms with van der Waals surface area (Å²) < 4.78 is 13.8. The molecule has 1 aromatic rings. The molecule has 0 aliphatic carbocycles. The van der Waals surface area contributed by atoms with Gasteiger partial charge in [-0.1, -0.05) is 17.7 Å². The number of hydrogen-bond donors (Lipinski definition) is 1. The summed E-state index contributed by atoms with van der Waals surface area (Å²) in [6.07, 6.45) is 2.93. The number of piperidine rings is 1. The van der Waals surface area contributed by atoms with E-state index >= 15 is 0 Å². The lowest BCUT2D eigenvalue weighted by molar-refractivity contribution is -0.137. The van der Waals surface area contributed by atoms with Gasteiger partial charge in [-0.15, -0.1) is 0 Å². The molecule has 0 bridgehead atoms. The second-order valence-corrected chi connectivity index (χ2v) is 5.98. The largest absolute Gasteiger partial charge is 0.340 e. The van der Waals surface area contributed by atoms with Crippen LogP contribution < -0.4 is 5.32 Å². The van der Waals surface area contributed by atoms with Crippen molar-refractivity contribution in [2.45, 2.75) is 38.3 Å². The number of nitrogens with zero attached hydrogens (tertiary/aromatic N) is 1. The molecule has 3 nitrogen and oxygen atoms in total. The van der Waals surface area contributed by atoms with Gasteiger partial charge in [-0.3, -0.25) is 4.79 Å². The van der Waals surface area contributed by atoms with E-state index in [1.54, 1.807) is 24.1 Å². The summed E-state index contributed by atoms with van der Waals surface area (Å²) in [5.74, 6) is -0.393. The van der Waals surface area contributed by atoms with E-state index in [0.29, 0.717) is 10.6 Å². The van der Waals surface area contributed by atoms with E-state index in [1.165, 1.54) is 6.07 Å². The highest BCUT2D eigenvalue weighted by molar-refractivity contribution is 6.31. The fraction of sp³-hybridized carbons (Fsp3) is 0.533. The highest BCUT2D eigenvalue weighted by atomic mass is 35.5. The second-order valence-electron chi connectivity index (χ2n) is 5.58. The van der Waals surface area contributed by atoms with E-state index in [4.69, 9.17) is 11.6 Å². The molecular formula is C15H20ClFN2O. The number of nitrogens with one attached hydrogen (secondary N) is 1. The third kappa shape index (κ3) is 3.13. The van der Waals surface area contributed by atoms with Crippen molar-refractivity contribution in [1.82, 2.24) is 10.2 Å². The molecule has 1 heterocycles. The first-order valence-corrected chi connectivity index (χ1v) is 7.25. The molecule has 5 heteroatoms. The molecule has 20 heavy (non-hydrogen) atoms. The Bertz CT molecular complexity index is 480. The second kappa shape index (κ2) is 6.10. The Kier molecular flexibility index (Phi) is 4.66. The van der Waals surface area contributed by atoms with Crippen molar-refractivity contribution in [1.29, 1.82) is 0 Å². The van der Waals surface area contributed by atoms with Crippen LogP contribution in [0.4, 0.5) is 4.39 Å². The van der Waals surface area contributed by atoms with Crippen molar-refractivity contribution in [3.8, 4) is 0 Å². The molecule has 1 aromatic carbocycles. The molecule has 0 spiro atoms. The van der Waals surface area contributed by atoms with Crippen LogP contribution in [-0.2, 0) is 11.3 Å². The van der Waals surface area contributed by atoms with Gasteiger partial charge in [0.2, 0.25) is 5.91 Å². The van der Waals surface area contributed by atoms with Crippen LogP contribution in [0.1, 0.15) is 31.7 Å². The van der Waals surface area contributed by atoms with Gasteiger partial charge in [-0.05, 0) is 44.9 Å². The minimum absolute atomic E-state index is 0.0171. The normalized spacial score (nSPS) is 22.6. The number of halogens is 2. The standard InChI is InChI=1S/C15H20ClFN2O/c1-15(8-3-4-9-18-15)14(20)19(2)10-11-12(16)6-5-7-13(11)17/h5-7,18H,3-4,8-10H2,1-2H3. The minimum Gasteiger partial charge on any atom is -0.340 e. The molecule has 1 aliphatic heterocycles. The Morgan fingerprint density at radius 1 is 1.50 bits per heavy atom. The van der Waals surface area contributed by atoms with Gasteiger partial charge in [0.1, 0.15) is 5.82 Å². The van der Waals surface area contributed by atoms with Crippen LogP contribution in [0.25, 0.3) is 0 Å². The number of likely N-dealkylation sites (N-methyl/N-ethyl adjacent to an activating group) is 1. The van der Waals surface area contributed by atoms with Crippen LogP contribution in [0, 0.1) is 5.82 Å². The van der Waals surface area contributed by atoms with Crippen molar-refractivity contribution < 1.29 is 9.18 Å². The molecule has 0 aromatic heterocycles. The van der Waals surface area contributed by atoms with Crippen LogP contribution >= 0.6 is 11.6 Å². The maximum atomic E-state index is 13.8. The summed E-state index contributed by atoms with van der Waals surface area (Å²) in [7, 11) is 1.69. The van der Waals surface area contributed by atoms with Crippen molar-refractivity contribution in [2.75, 3.05) is 13.6 Å². The monoisotopic (exact) mass is 298 g/mol. The molecular weight excluding hydrogens is 279 g/mol. The summed E-state index contributed by atoms with van der Waals surface area (Å²) >= 11 is 6.01. The number of amides is 1. The van der Waals surface area contributed by atoms with Gasteiger partial charge in [0.25, 0.3) is 0 Å². The number of hydrogen-bond acceptors (Lipinski definition) is 2. The van der Waals surface area contributed by atoms with Gasteiger partial charge in [0.05, 0.1) is 5.54 Å². The minimum atomic E-state index is -0.551. The lowest BCUT2D eigenvalue weighted by atomic mass is 9.89. The predicted octanol–water partition coefficient (Wildman–Crippen LogP) is 2.97. The quantitative estimate of drug-likeness (QED) is 0.930. The van der Waals surface area contributed by atoms with Crippen molar-refractivity contribution >= 4 is 17.5 Å². The SMILES string of the molecule is CN(Cc1c(F)cccc1Cl)C(=O)C1(C)CCCCN1. The molecule has 0 radical (unpaired) electrons. The number of carbonyl (C=O) groups excluding carboxylic acids is 1. The molecule has 0 saturated carbocycles. The van der Waals surface area contributed by atoms with Crippen molar-refractivity contribution in [3.63, 3.8) is 0 Å². The smallest absolute Gasteiger partial charge is 0.242 e. The molecule has 110 valence electrons. The van der Waals surface area contributed by atoms with Gasteiger partial charge in [-0.2, -0.15) is 0 Å². The first-order chi connectivity index (χ1) is 9.44. The average Bonchev–Trinajstić information content (AvgIpc) is 2.43. The van der Waals surface area contributed by atoms with E-state index in [9.17, 15) is 9.18 Å². The van der Waals surface area contributed by atoms with Crippen LogP contribution in [0.3, 0.4) is 0 Å². The van der Waals surface area contributed by atoms with E-state index in [1.807, 2.05) is 6.92 Å². The molecule has 1 amide bonds. The maximum absolute atomic E-state index is 13.8. The number of rotatable bonds is 3. The van der Waals surface area contributed by atoms with Gasteiger partial charge < -0.3 is 10.2 Å². The zero-order chi connectivity index (χ0) is 14.8. The Morgan fingerprint density at radius 3 is 2.85 bits per heavy atom. The number of benzene rings is 1. The fourth-order valence-electron chi connectivity index (χ4n) is 2.65. The first kappa shape index (κ1) is 15.3. The fourth-order valence-corrected chi connectivity index (χ4v) is 2.88. The molecule has 1 atom stereocenters. The van der Waals surface area contributed by atoms with Gasteiger partial charge >= 0.3 is 0 Å². The summed E-state index contributed by atoms with van der Waals surface area (Å²) in [6.45, 7) is 2.94. The summed E-state index contributed by atoms with van der Waals surface area (Å²) in [6, 6.07) is 4.56. The van der Waals surface area contributed by atoms with Crippen LogP contribution in [0.2, 0.25) is 5.02 Å². The van der Waals surface area contributed by atoms with E-state index in [2.05, 4.69) is 5.32 Å². The van der Waals surface area contributed by atoms with E-state index in [-0.39, 0.29) is 18.3 Å². The van der Waals surface area contributed by atoms with Crippen molar-refractivity contribution in [3.05, 3.63) is 34.6 Å². The number of carbonyl (C=O) groups is 1. The third-order valence-corrected chi connectivity index (χ3v) is 4.25. The lowest BCUT2D eigenvalue weighted by Crippen LogP contribution is -2.57. The Labute approximate surface area is 124 Å². The predicted molar refractivity (Wildman–Crippen MR) is 78.1 cm³/mol. The van der Waals surface area contributed by atoms with E-state index in [0.717, 1.165) is 25.8 Å². The summed E-state index contributed by atoms with van der Waals surface area (Å²) in [4.78, 5) is 14.1. The Balaban J connectivity index is 2.11. The molecule has 1 N–H and O–H groups in total. The lowest BCUT2D eigenvalue weighted by Gasteiger charge is -2.36. The van der Waals surface area contributed by atoms with Crippen LogP contribution in [0.5, 0.6) is 0 Å². The average molecular weight is 299 g/mol. The Morgan fingerprint density at radius 2 is 2.25 bits per heavy atom. The first-order valence-electron chi connectivity index (χ1n) is 6.87.